The second-order valence-corrected chi connectivity index (χ2v) is 4.27. The summed E-state index contributed by atoms with van der Waals surface area (Å²) in [5, 5.41) is 28.2. The minimum absolute atomic E-state index is 0.00736. The zero-order valence-corrected chi connectivity index (χ0v) is 11.2. The summed E-state index contributed by atoms with van der Waals surface area (Å²) in [6, 6.07) is 5.96. The van der Waals surface area contributed by atoms with Gasteiger partial charge in [-0.25, -0.2) is 0 Å². The van der Waals surface area contributed by atoms with Crippen molar-refractivity contribution in [1.29, 1.82) is 0 Å². The first kappa shape index (κ1) is 14.4. The van der Waals surface area contributed by atoms with E-state index in [1.807, 2.05) is 6.92 Å². The highest BCUT2D eigenvalue weighted by atomic mass is 16.6. The molecule has 0 saturated heterocycles. The fraction of sp³-hybridized carbons (Fsp3) is 0.250. The van der Waals surface area contributed by atoms with Gasteiger partial charge in [0.15, 0.2) is 0 Å². The number of nitro benzene ring substituents is 1. The van der Waals surface area contributed by atoms with Crippen molar-refractivity contribution in [2.24, 2.45) is 0 Å². The summed E-state index contributed by atoms with van der Waals surface area (Å²) in [6.45, 7) is 2.69. The van der Waals surface area contributed by atoms with Crippen molar-refractivity contribution in [3.63, 3.8) is 0 Å². The normalized spacial score (nSPS) is 10.3. The monoisotopic (exact) mass is 291 g/mol. The van der Waals surface area contributed by atoms with Crippen LogP contribution in [0.2, 0.25) is 0 Å². The van der Waals surface area contributed by atoms with Crippen LogP contribution in [0.15, 0.2) is 30.5 Å². The number of benzene rings is 1. The van der Waals surface area contributed by atoms with Crippen molar-refractivity contribution in [2.45, 2.75) is 13.5 Å². The highest BCUT2D eigenvalue weighted by Crippen LogP contribution is 2.25. The number of nitro groups is 2. The van der Waals surface area contributed by atoms with E-state index in [1.54, 1.807) is 12.1 Å². The van der Waals surface area contributed by atoms with Crippen LogP contribution in [-0.2, 0) is 6.54 Å². The number of nitrogens with zero attached hydrogens (tertiary/aromatic N) is 4. The quantitative estimate of drug-likeness (QED) is 0.644. The van der Waals surface area contributed by atoms with Crippen LogP contribution in [0.4, 0.5) is 17.2 Å². The third-order valence-corrected chi connectivity index (χ3v) is 2.78. The van der Waals surface area contributed by atoms with Gasteiger partial charge in [0, 0.05) is 12.6 Å². The Morgan fingerprint density at radius 2 is 2.00 bits per heavy atom. The molecular formula is C12H13N5O4. The van der Waals surface area contributed by atoms with Gasteiger partial charge in [0.2, 0.25) is 0 Å². The smallest absolute Gasteiger partial charge is 0.380 e. The molecule has 0 aliphatic heterocycles. The lowest BCUT2D eigenvalue weighted by Crippen LogP contribution is -2.05. The lowest BCUT2D eigenvalue weighted by atomic mass is 10.1. The van der Waals surface area contributed by atoms with Gasteiger partial charge in [0.1, 0.15) is 5.69 Å². The molecule has 1 N–H and O–H groups in total. The largest absolute Gasteiger partial charge is 0.389 e. The number of hydrogen-bond donors (Lipinski definition) is 1. The molecule has 0 amide bonds. The maximum absolute atomic E-state index is 10.9. The van der Waals surface area contributed by atoms with E-state index in [-0.39, 0.29) is 11.5 Å². The Hall–Kier alpha value is -2.97. The molecule has 0 saturated carbocycles. The van der Waals surface area contributed by atoms with Gasteiger partial charge in [0.25, 0.3) is 5.69 Å². The number of anilines is 1. The van der Waals surface area contributed by atoms with E-state index >= 15 is 0 Å². The standard InChI is InChI=1S/C12H13N5O4/c1-2-13-10-7-9(3-4-11(10)16(18)19)8-15-6-5-12(14-15)17(20)21/h3-7,13H,2,8H2,1H3. The molecule has 1 aromatic carbocycles. The molecule has 1 aromatic heterocycles. The van der Waals surface area contributed by atoms with Gasteiger partial charge >= 0.3 is 5.82 Å². The fourth-order valence-electron chi connectivity index (χ4n) is 1.90. The molecule has 1 heterocycles. The molecule has 9 heteroatoms. The predicted molar refractivity (Wildman–Crippen MR) is 75.2 cm³/mol. The molecule has 0 unspecified atom stereocenters. The Balaban J connectivity index is 2.25. The fourth-order valence-corrected chi connectivity index (χ4v) is 1.90. The highest BCUT2D eigenvalue weighted by Gasteiger charge is 2.15. The average Bonchev–Trinajstić information content (AvgIpc) is 2.88. The molecule has 0 spiro atoms. The first-order valence-electron chi connectivity index (χ1n) is 6.20. The SMILES string of the molecule is CCNc1cc(Cn2ccc([N+](=O)[O-])n2)ccc1[N+](=O)[O-]. The number of aromatic nitrogens is 2. The van der Waals surface area contributed by atoms with Crippen molar-refractivity contribution in [1.82, 2.24) is 9.78 Å². The first-order chi connectivity index (χ1) is 10.0. The second kappa shape index (κ2) is 5.99. The Morgan fingerprint density at radius 3 is 2.57 bits per heavy atom. The van der Waals surface area contributed by atoms with Gasteiger partial charge in [-0.1, -0.05) is 6.07 Å². The Labute approximate surface area is 119 Å². The molecule has 0 aliphatic rings. The molecule has 0 radical (unpaired) electrons. The van der Waals surface area contributed by atoms with Gasteiger partial charge < -0.3 is 15.4 Å². The Kier molecular flexibility index (Phi) is 4.12. The van der Waals surface area contributed by atoms with Crippen LogP contribution >= 0.6 is 0 Å². The first-order valence-corrected chi connectivity index (χ1v) is 6.20. The Bertz CT molecular complexity index is 682. The molecule has 0 atom stereocenters. The summed E-state index contributed by atoms with van der Waals surface area (Å²) in [7, 11) is 0. The van der Waals surface area contributed by atoms with Crippen LogP contribution in [0.5, 0.6) is 0 Å². The van der Waals surface area contributed by atoms with Crippen molar-refractivity contribution >= 4 is 17.2 Å². The van der Waals surface area contributed by atoms with Gasteiger partial charge in [-0.05, 0) is 23.5 Å². The minimum atomic E-state index is -0.573. The van der Waals surface area contributed by atoms with Crippen LogP contribution in [0, 0.1) is 20.2 Å². The van der Waals surface area contributed by atoms with Crippen LogP contribution < -0.4 is 5.32 Å². The zero-order valence-electron chi connectivity index (χ0n) is 11.2. The van der Waals surface area contributed by atoms with Crippen LogP contribution in [0.1, 0.15) is 12.5 Å². The maximum atomic E-state index is 10.9. The summed E-state index contributed by atoms with van der Waals surface area (Å²) in [5.74, 6) is -0.233. The van der Waals surface area contributed by atoms with Crippen LogP contribution in [0.3, 0.4) is 0 Å². The predicted octanol–water partition coefficient (Wildman–Crippen LogP) is 2.18. The van der Waals surface area contributed by atoms with E-state index in [4.69, 9.17) is 0 Å². The molecule has 9 nitrogen and oxygen atoms in total. The van der Waals surface area contributed by atoms with Gasteiger partial charge in [-0.15, -0.1) is 0 Å². The van der Waals surface area contributed by atoms with Crippen molar-refractivity contribution in [3.8, 4) is 0 Å². The number of nitrogens with one attached hydrogen (secondary N) is 1. The van der Waals surface area contributed by atoms with Crippen molar-refractivity contribution < 1.29 is 9.85 Å². The van der Waals surface area contributed by atoms with E-state index in [1.165, 1.54) is 23.0 Å². The minimum Gasteiger partial charge on any atom is -0.380 e. The summed E-state index contributed by atoms with van der Waals surface area (Å²) >= 11 is 0. The van der Waals surface area contributed by atoms with Gasteiger partial charge in [-0.2, -0.15) is 4.68 Å². The van der Waals surface area contributed by atoms with E-state index in [9.17, 15) is 20.2 Å². The molecule has 2 aromatic rings. The average molecular weight is 291 g/mol. The van der Waals surface area contributed by atoms with E-state index in [0.29, 0.717) is 18.8 Å². The topological polar surface area (TPSA) is 116 Å². The molecule has 0 fully saturated rings. The number of rotatable bonds is 6. The summed E-state index contributed by atoms with van der Waals surface area (Å²) in [6.07, 6.45) is 1.49. The molecule has 0 aliphatic carbocycles. The lowest BCUT2D eigenvalue weighted by Gasteiger charge is -2.06. The van der Waals surface area contributed by atoms with Gasteiger partial charge in [-0.3, -0.25) is 10.1 Å². The highest BCUT2D eigenvalue weighted by molar-refractivity contribution is 5.62. The number of hydrogen-bond acceptors (Lipinski definition) is 6. The molecule has 0 bridgehead atoms. The zero-order chi connectivity index (χ0) is 15.4. The molecule has 110 valence electrons. The third kappa shape index (κ3) is 3.32. The summed E-state index contributed by atoms with van der Waals surface area (Å²) in [5.41, 5.74) is 1.17. The van der Waals surface area contributed by atoms with Crippen molar-refractivity contribution in [3.05, 3.63) is 56.3 Å². The molecular weight excluding hydrogens is 278 g/mol. The van der Waals surface area contributed by atoms with Crippen LogP contribution in [-0.4, -0.2) is 26.2 Å². The third-order valence-electron chi connectivity index (χ3n) is 2.78. The summed E-state index contributed by atoms with van der Waals surface area (Å²) < 4.78 is 1.41. The maximum Gasteiger partial charge on any atom is 0.389 e. The van der Waals surface area contributed by atoms with Crippen LogP contribution in [0.25, 0.3) is 0 Å². The summed E-state index contributed by atoms with van der Waals surface area (Å²) in [4.78, 5) is 20.5. The second-order valence-electron chi connectivity index (χ2n) is 4.27. The van der Waals surface area contributed by atoms with E-state index < -0.39 is 9.85 Å². The molecule has 2 rings (SSSR count). The lowest BCUT2D eigenvalue weighted by molar-refractivity contribution is -0.389. The molecule has 21 heavy (non-hydrogen) atoms. The van der Waals surface area contributed by atoms with E-state index in [0.717, 1.165) is 5.56 Å². The van der Waals surface area contributed by atoms with E-state index in [2.05, 4.69) is 10.4 Å². The van der Waals surface area contributed by atoms with Crippen molar-refractivity contribution in [2.75, 3.05) is 11.9 Å². The Morgan fingerprint density at radius 1 is 1.24 bits per heavy atom. The van der Waals surface area contributed by atoms with Gasteiger partial charge in [0.05, 0.1) is 28.8 Å².